The molecule has 16 heavy (non-hydrogen) atoms. The number of benzene rings is 1. The Bertz CT molecular complexity index is 339. The quantitative estimate of drug-likeness (QED) is 0.654. The highest BCUT2D eigenvalue weighted by molar-refractivity contribution is 9.09. The zero-order valence-electron chi connectivity index (χ0n) is 9.64. The van der Waals surface area contributed by atoms with Crippen LogP contribution in [0, 0.1) is 11.7 Å². The van der Waals surface area contributed by atoms with Crippen LogP contribution in [0.2, 0.25) is 5.02 Å². The molecule has 90 valence electrons. The second kappa shape index (κ2) is 6.61. The Kier molecular flexibility index (Phi) is 5.77. The number of halogens is 3. The van der Waals surface area contributed by atoms with E-state index in [4.69, 9.17) is 11.6 Å². The fraction of sp³-hybridized carbons (Fsp3) is 0.538. The Morgan fingerprint density at radius 2 is 2.06 bits per heavy atom. The van der Waals surface area contributed by atoms with E-state index in [9.17, 15) is 4.39 Å². The maximum atomic E-state index is 13.5. The van der Waals surface area contributed by atoms with Crippen LogP contribution in [-0.2, 0) is 6.42 Å². The van der Waals surface area contributed by atoms with E-state index in [2.05, 4.69) is 29.8 Å². The third kappa shape index (κ3) is 4.06. The predicted octanol–water partition coefficient (Wildman–Crippen LogP) is 5.22. The Hall–Kier alpha value is -0.0800. The van der Waals surface area contributed by atoms with Gasteiger partial charge in [-0.05, 0) is 36.8 Å². The van der Waals surface area contributed by atoms with E-state index >= 15 is 0 Å². The summed E-state index contributed by atoms with van der Waals surface area (Å²) in [6.07, 6.45) is 2.79. The summed E-state index contributed by atoms with van der Waals surface area (Å²) in [7, 11) is 0. The molecule has 1 atom stereocenters. The van der Waals surface area contributed by atoms with Crippen molar-refractivity contribution in [2.75, 3.05) is 0 Å². The van der Waals surface area contributed by atoms with Gasteiger partial charge in [0.25, 0.3) is 0 Å². The van der Waals surface area contributed by atoms with E-state index < -0.39 is 0 Å². The lowest BCUT2D eigenvalue weighted by Gasteiger charge is -2.13. The average Bonchev–Trinajstić information content (AvgIpc) is 2.24. The SMILES string of the molecule is CC(C)C(Br)CCCc1cccc(Cl)c1F. The van der Waals surface area contributed by atoms with Crippen molar-refractivity contribution in [3.63, 3.8) is 0 Å². The van der Waals surface area contributed by atoms with Crippen LogP contribution in [0.1, 0.15) is 32.3 Å². The van der Waals surface area contributed by atoms with Gasteiger partial charge in [-0.1, -0.05) is 53.5 Å². The fourth-order valence-electron chi connectivity index (χ4n) is 1.56. The van der Waals surface area contributed by atoms with Gasteiger partial charge in [-0.2, -0.15) is 0 Å². The van der Waals surface area contributed by atoms with E-state index in [-0.39, 0.29) is 10.8 Å². The topological polar surface area (TPSA) is 0 Å². The number of aryl methyl sites for hydroxylation is 1. The third-order valence-corrected chi connectivity index (χ3v) is 4.49. The van der Waals surface area contributed by atoms with Crippen LogP contribution >= 0.6 is 27.5 Å². The summed E-state index contributed by atoms with van der Waals surface area (Å²) in [5.74, 6) is 0.351. The molecule has 0 N–H and O–H groups in total. The first-order chi connectivity index (χ1) is 7.52. The van der Waals surface area contributed by atoms with E-state index in [1.54, 1.807) is 18.2 Å². The highest BCUT2D eigenvalue weighted by Crippen LogP contribution is 2.22. The zero-order chi connectivity index (χ0) is 12.1. The second-order valence-corrected chi connectivity index (χ2v) is 5.95. The van der Waals surface area contributed by atoms with Gasteiger partial charge in [-0.3, -0.25) is 0 Å². The van der Waals surface area contributed by atoms with Crippen molar-refractivity contribution >= 4 is 27.5 Å². The monoisotopic (exact) mass is 306 g/mol. The molecule has 3 heteroatoms. The molecule has 0 heterocycles. The summed E-state index contributed by atoms with van der Waals surface area (Å²) >= 11 is 9.35. The van der Waals surface area contributed by atoms with E-state index in [0.717, 1.165) is 24.8 Å². The van der Waals surface area contributed by atoms with Crippen LogP contribution in [0.4, 0.5) is 4.39 Å². The molecule has 0 saturated heterocycles. The second-order valence-electron chi connectivity index (χ2n) is 4.37. The molecular weight excluding hydrogens is 290 g/mol. The molecule has 0 fully saturated rings. The van der Waals surface area contributed by atoms with Crippen LogP contribution < -0.4 is 0 Å². The molecule has 1 unspecified atom stereocenters. The Balaban J connectivity index is 2.46. The molecule has 0 aliphatic rings. The number of hydrogen-bond acceptors (Lipinski definition) is 0. The maximum Gasteiger partial charge on any atom is 0.144 e. The van der Waals surface area contributed by atoms with Gasteiger partial charge in [0.1, 0.15) is 5.82 Å². The number of rotatable bonds is 5. The Morgan fingerprint density at radius 3 is 2.69 bits per heavy atom. The average molecular weight is 308 g/mol. The van der Waals surface area contributed by atoms with Gasteiger partial charge < -0.3 is 0 Å². The lowest BCUT2D eigenvalue weighted by molar-refractivity contribution is 0.552. The molecule has 0 spiro atoms. The first kappa shape index (κ1) is 14.0. The first-order valence-electron chi connectivity index (χ1n) is 5.59. The number of alkyl halides is 1. The molecule has 1 rings (SSSR count). The van der Waals surface area contributed by atoms with Crippen LogP contribution in [0.15, 0.2) is 18.2 Å². The lowest BCUT2D eigenvalue weighted by Crippen LogP contribution is -2.07. The van der Waals surface area contributed by atoms with Crippen LogP contribution in [-0.4, -0.2) is 4.83 Å². The predicted molar refractivity (Wildman–Crippen MR) is 71.9 cm³/mol. The molecule has 0 amide bonds. The number of hydrogen-bond donors (Lipinski definition) is 0. The molecule has 0 saturated carbocycles. The molecule has 0 radical (unpaired) electrons. The summed E-state index contributed by atoms with van der Waals surface area (Å²) < 4.78 is 13.5. The van der Waals surface area contributed by atoms with Crippen molar-refractivity contribution in [2.24, 2.45) is 5.92 Å². The molecule has 1 aromatic carbocycles. The largest absolute Gasteiger partial charge is 0.205 e. The Labute approximate surface area is 110 Å². The molecule has 0 nitrogen and oxygen atoms in total. The van der Waals surface area contributed by atoms with E-state index in [1.165, 1.54) is 0 Å². The van der Waals surface area contributed by atoms with Crippen LogP contribution in [0.3, 0.4) is 0 Å². The van der Waals surface area contributed by atoms with Crippen molar-refractivity contribution in [3.8, 4) is 0 Å². The molecule has 0 bridgehead atoms. The van der Waals surface area contributed by atoms with Crippen molar-refractivity contribution in [2.45, 2.75) is 37.9 Å². The smallest absolute Gasteiger partial charge is 0.144 e. The molecule has 0 aromatic heterocycles. The zero-order valence-corrected chi connectivity index (χ0v) is 12.0. The maximum absolute atomic E-state index is 13.5. The minimum atomic E-state index is -0.264. The summed E-state index contributed by atoms with van der Waals surface area (Å²) in [5.41, 5.74) is 0.718. The normalized spacial score (nSPS) is 13.1. The van der Waals surface area contributed by atoms with Gasteiger partial charge in [0, 0.05) is 4.83 Å². The van der Waals surface area contributed by atoms with Gasteiger partial charge in [0.05, 0.1) is 5.02 Å². The minimum absolute atomic E-state index is 0.219. The Morgan fingerprint density at radius 1 is 1.38 bits per heavy atom. The van der Waals surface area contributed by atoms with Crippen LogP contribution in [0.5, 0.6) is 0 Å². The van der Waals surface area contributed by atoms with Gasteiger partial charge in [0.2, 0.25) is 0 Å². The highest BCUT2D eigenvalue weighted by atomic mass is 79.9. The molecule has 0 aliphatic carbocycles. The minimum Gasteiger partial charge on any atom is -0.205 e. The van der Waals surface area contributed by atoms with Gasteiger partial charge in [0.15, 0.2) is 0 Å². The van der Waals surface area contributed by atoms with Crippen molar-refractivity contribution in [3.05, 3.63) is 34.6 Å². The van der Waals surface area contributed by atoms with E-state index in [1.807, 2.05) is 0 Å². The summed E-state index contributed by atoms with van der Waals surface area (Å²) in [4.78, 5) is 0.509. The van der Waals surface area contributed by atoms with Gasteiger partial charge >= 0.3 is 0 Å². The standard InChI is InChI=1S/C13H17BrClF/c1-9(2)11(14)7-3-5-10-6-4-8-12(15)13(10)16/h4,6,8-9,11H,3,5,7H2,1-2H3. The van der Waals surface area contributed by atoms with E-state index in [0.29, 0.717) is 10.7 Å². The van der Waals surface area contributed by atoms with Crippen LogP contribution in [0.25, 0.3) is 0 Å². The van der Waals surface area contributed by atoms with Gasteiger partial charge in [-0.15, -0.1) is 0 Å². The molecule has 0 aliphatic heterocycles. The lowest BCUT2D eigenvalue weighted by atomic mass is 10.0. The first-order valence-corrected chi connectivity index (χ1v) is 6.88. The van der Waals surface area contributed by atoms with Crippen molar-refractivity contribution in [1.82, 2.24) is 0 Å². The molecule has 1 aromatic rings. The van der Waals surface area contributed by atoms with Gasteiger partial charge in [-0.25, -0.2) is 4.39 Å². The summed E-state index contributed by atoms with van der Waals surface area (Å²) in [5, 5.41) is 0.219. The highest BCUT2D eigenvalue weighted by Gasteiger charge is 2.10. The fourth-order valence-corrected chi connectivity index (χ4v) is 2.08. The van der Waals surface area contributed by atoms with Crippen molar-refractivity contribution < 1.29 is 4.39 Å². The third-order valence-electron chi connectivity index (χ3n) is 2.68. The van der Waals surface area contributed by atoms with Crippen molar-refractivity contribution in [1.29, 1.82) is 0 Å². The summed E-state index contributed by atoms with van der Waals surface area (Å²) in [6, 6.07) is 5.19. The molecular formula is C13H17BrClF. The summed E-state index contributed by atoms with van der Waals surface area (Å²) in [6.45, 7) is 4.36.